The summed E-state index contributed by atoms with van der Waals surface area (Å²) in [5, 5.41) is 8.89. The third-order valence-corrected chi connectivity index (χ3v) is 4.21. The molecule has 0 aromatic heterocycles. The summed E-state index contributed by atoms with van der Waals surface area (Å²) in [6, 6.07) is 10.2. The Kier molecular flexibility index (Phi) is 4.24. The molecule has 3 nitrogen and oxygen atoms in total. The summed E-state index contributed by atoms with van der Waals surface area (Å²) in [4.78, 5) is 12.4. The minimum Gasteiger partial charge on any atom is -0.468 e. The first-order chi connectivity index (χ1) is 9.65. The van der Waals surface area contributed by atoms with Crippen molar-refractivity contribution >= 4 is 11.5 Å². The van der Waals surface area contributed by atoms with E-state index >= 15 is 0 Å². The average Bonchev–Trinajstić information content (AvgIpc) is 2.63. The van der Waals surface area contributed by atoms with Crippen molar-refractivity contribution in [2.24, 2.45) is 5.41 Å². The molecule has 0 aliphatic heterocycles. The Morgan fingerprint density at radius 2 is 2.25 bits per heavy atom. The van der Waals surface area contributed by atoms with E-state index < -0.39 is 5.41 Å². The summed E-state index contributed by atoms with van der Waals surface area (Å²) in [6.07, 6.45) is 3.32. The van der Waals surface area contributed by atoms with Gasteiger partial charge in [-0.05, 0) is 42.4 Å². The van der Waals surface area contributed by atoms with Crippen molar-refractivity contribution < 1.29 is 9.53 Å². The van der Waals surface area contributed by atoms with Gasteiger partial charge in [0.15, 0.2) is 0 Å². The van der Waals surface area contributed by atoms with Crippen LogP contribution < -0.4 is 0 Å². The SMILES string of the molecule is C=C1c2ccccc2CCCC1(CCC#N)C(=O)OC. The molecular formula is C17H19NO2. The van der Waals surface area contributed by atoms with Crippen LogP contribution in [0.25, 0.3) is 5.57 Å². The van der Waals surface area contributed by atoms with Crippen LogP contribution >= 0.6 is 0 Å². The molecule has 104 valence electrons. The maximum Gasteiger partial charge on any atom is 0.316 e. The van der Waals surface area contributed by atoms with Crippen LogP contribution in [0.1, 0.15) is 36.8 Å². The van der Waals surface area contributed by atoms with Gasteiger partial charge in [0.05, 0.1) is 18.6 Å². The van der Waals surface area contributed by atoms with Crippen LogP contribution in [-0.2, 0) is 16.0 Å². The van der Waals surface area contributed by atoms with Crippen LogP contribution in [0.4, 0.5) is 0 Å². The first-order valence-electron chi connectivity index (χ1n) is 6.89. The van der Waals surface area contributed by atoms with Crippen LogP contribution in [0, 0.1) is 16.7 Å². The van der Waals surface area contributed by atoms with Crippen molar-refractivity contribution in [2.75, 3.05) is 7.11 Å². The molecule has 1 aromatic carbocycles. The number of benzene rings is 1. The Labute approximate surface area is 119 Å². The minimum absolute atomic E-state index is 0.269. The summed E-state index contributed by atoms with van der Waals surface area (Å²) in [7, 11) is 1.40. The zero-order chi connectivity index (χ0) is 14.6. The maximum atomic E-state index is 12.4. The molecule has 0 spiro atoms. The van der Waals surface area contributed by atoms with Gasteiger partial charge in [-0.1, -0.05) is 30.8 Å². The predicted molar refractivity (Wildman–Crippen MR) is 77.7 cm³/mol. The average molecular weight is 269 g/mol. The van der Waals surface area contributed by atoms with Gasteiger partial charge in [0.25, 0.3) is 0 Å². The first kappa shape index (κ1) is 14.3. The fourth-order valence-electron chi connectivity index (χ4n) is 3.09. The topological polar surface area (TPSA) is 50.1 Å². The number of carbonyl (C=O) groups is 1. The zero-order valence-corrected chi connectivity index (χ0v) is 11.8. The lowest BCUT2D eigenvalue weighted by molar-refractivity contribution is -0.149. The summed E-state index contributed by atoms with van der Waals surface area (Å²) in [5.74, 6) is -0.269. The molecule has 0 bridgehead atoms. The lowest BCUT2D eigenvalue weighted by atomic mass is 9.72. The summed E-state index contributed by atoms with van der Waals surface area (Å²) < 4.78 is 5.02. The second kappa shape index (κ2) is 5.92. The van der Waals surface area contributed by atoms with Crippen LogP contribution in [0.3, 0.4) is 0 Å². The monoisotopic (exact) mass is 269 g/mol. The van der Waals surface area contributed by atoms with Crippen LogP contribution in [0.5, 0.6) is 0 Å². The largest absolute Gasteiger partial charge is 0.468 e. The summed E-state index contributed by atoms with van der Waals surface area (Å²) >= 11 is 0. The van der Waals surface area contributed by atoms with Crippen molar-refractivity contribution in [1.82, 2.24) is 0 Å². The van der Waals surface area contributed by atoms with Crippen molar-refractivity contribution in [1.29, 1.82) is 5.26 Å². The molecule has 1 unspecified atom stereocenters. The van der Waals surface area contributed by atoms with Crippen molar-refractivity contribution in [2.45, 2.75) is 32.1 Å². The van der Waals surface area contributed by atoms with Gasteiger partial charge in [0, 0.05) is 6.42 Å². The molecule has 1 aliphatic rings. The number of hydrogen-bond acceptors (Lipinski definition) is 3. The van der Waals surface area contributed by atoms with Crippen LogP contribution in [0.15, 0.2) is 30.8 Å². The number of hydrogen-bond donors (Lipinski definition) is 0. The van der Waals surface area contributed by atoms with Gasteiger partial charge in [-0.25, -0.2) is 0 Å². The molecular weight excluding hydrogens is 250 g/mol. The van der Waals surface area contributed by atoms with E-state index in [1.807, 2.05) is 18.2 Å². The Morgan fingerprint density at radius 1 is 1.50 bits per heavy atom. The fourth-order valence-corrected chi connectivity index (χ4v) is 3.09. The van der Waals surface area contributed by atoms with E-state index in [0.29, 0.717) is 19.3 Å². The van der Waals surface area contributed by atoms with E-state index in [9.17, 15) is 4.79 Å². The maximum absolute atomic E-state index is 12.4. The van der Waals surface area contributed by atoms with Gasteiger partial charge < -0.3 is 4.74 Å². The second-order valence-corrected chi connectivity index (χ2v) is 5.22. The predicted octanol–water partition coefficient (Wildman–Crippen LogP) is 3.50. The third kappa shape index (κ3) is 2.34. The molecule has 0 fully saturated rings. The standard InChI is InChI=1S/C17H19NO2/c1-13-15-9-4-3-7-14(15)8-5-10-17(13,11-6-12-18)16(19)20-2/h3-4,7,9H,1,5-6,8,10-11H2,2H3. The molecule has 0 saturated heterocycles. The Morgan fingerprint density at radius 3 is 2.95 bits per heavy atom. The lowest BCUT2D eigenvalue weighted by Gasteiger charge is -2.31. The number of ether oxygens (including phenoxy) is 1. The van der Waals surface area contributed by atoms with Gasteiger partial charge in [-0.2, -0.15) is 5.26 Å². The van der Waals surface area contributed by atoms with Gasteiger partial charge in [0.2, 0.25) is 0 Å². The fraction of sp³-hybridized carbons (Fsp3) is 0.412. The molecule has 0 saturated carbocycles. The Bertz CT molecular complexity index is 571. The first-order valence-corrected chi connectivity index (χ1v) is 6.89. The number of fused-ring (bicyclic) bond motifs is 1. The summed E-state index contributed by atoms with van der Waals surface area (Å²) in [5.41, 5.74) is 2.30. The highest BCUT2D eigenvalue weighted by molar-refractivity contribution is 5.93. The normalized spacial score (nSPS) is 21.5. The number of methoxy groups -OCH3 is 1. The van der Waals surface area contributed by atoms with Gasteiger partial charge >= 0.3 is 5.97 Å². The van der Waals surface area contributed by atoms with Crippen molar-refractivity contribution in [3.8, 4) is 6.07 Å². The quantitative estimate of drug-likeness (QED) is 0.623. The van der Waals surface area contributed by atoms with E-state index in [2.05, 4.69) is 18.7 Å². The molecule has 0 N–H and O–H groups in total. The van der Waals surface area contributed by atoms with E-state index in [1.54, 1.807) is 0 Å². The van der Waals surface area contributed by atoms with Crippen molar-refractivity contribution in [3.05, 3.63) is 42.0 Å². The van der Waals surface area contributed by atoms with Gasteiger partial charge in [0.1, 0.15) is 0 Å². The number of aryl methyl sites for hydroxylation is 1. The molecule has 1 aliphatic carbocycles. The van der Waals surface area contributed by atoms with Crippen LogP contribution in [-0.4, -0.2) is 13.1 Å². The number of nitriles is 1. The highest BCUT2D eigenvalue weighted by atomic mass is 16.5. The number of nitrogens with zero attached hydrogens (tertiary/aromatic N) is 1. The third-order valence-electron chi connectivity index (χ3n) is 4.21. The number of rotatable bonds is 3. The molecule has 2 rings (SSSR count). The molecule has 1 atom stereocenters. The smallest absolute Gasteiger partial charge is 0.316 e. The van der Waals surface area contributed by atoms with E-state index in [-0.39, 0.29) is 5.97 Å². The Hall–Kier alpha value is -2.08. The highest BCUT2D eigenvalue weighted by Gasteiger charge is 2.43. The lowest BCUT2D eigenvalue weighted by Crippen LogP contribution is -2.33. The number of carbonyl (C=O) groups excluding carboxylic acids is 1. The van der Waals surface area contributed by atoms with E-state index in [0.717, 1.165) is 24.0 Å². The highest BCUT2D eigenvalue weighted by Crippen LogP contribution is 2.46. The molecule has 0 heterocycles. The molecule has 1 aromatic rings. The zero-order valence-electron chi connectivity index (χ0n) is 11.8. The van der Waals surface area contributed by atoms with Crippen molar-refractivity contribution in [3.63, 3.8) is 0 Å². The van der Waals surface area contributed by atoms with E-state index in [4.69, 9.17) is 10.00 Å². The molecule has 3 heteroatoms. The van der Waals surface area contributed by atoms with Gasteiger partial charge in [-0.3, -0.25) is 4.79 Å². The Balaban J connectivity index is 2.49. The molecule has 0 radical (unpaired) electrons. The minimum atomic E-state index is -0.753. The second-order valence-electron chi connectivity index (χ2n) is 5.22. The molecule has 20 heavy (non-hydrogen) atoms. The summed E-state index contributed by atoms with van der Waals surface area (Å²) in [6.45, 7) is 4.18. The van der Waals surface area contributed by atoms with Crippen LogP contribution in [0.2, 0.25) is 0 Å². The molecule has 0 amide bonds. The van der Waals surface area contributed by atoms with Gasteiger partial charge in [-0.15, -0.1) is 0 Å². The van der Waals surface area contributed by atoms with E-state index in [1.165, 1.54) is 12.7 Å². The number of esters is 1.